The van der Waals surface area contributed by atoms with Gasteiger partial charge in [-0.3, -0.25) is 14.4 Å². The predicted molar refractivity (Wildman–Crippen MR) is 147 cm³/mol. The van der Waals surface area contributed by atoms with Crippen LogP contribution in [0.2, 0.25) is 0 Å². The minimum Gasteiger partial charge on any atom is -0.343 e. The van der Waals surface area contributed by atoms with Gasteiger partial charge >= 0.3 is 0 Å². The fourth-order valence-electron chi connectivity index (χ4n) is 5.77. The first kappa shape index (κ1) is 29.0. The van der Waals surface area contributed by atoms with Gasteiger partial charge in [0, 0.05) is 20.1 Å². The molecule has 1 aliphatic heterocycles. The van der Waals surface area contributed by atoms with Crippen LogP contribution < -0.4 is 11.1 Å². The number of nitrogens with zero attached hydrogens (tertiary/aromatic N) is 2. The average molecular weight is 521 g/mol. The number of nitrogens with two attached hydrogens (primary N) is 1. The molecule has 2 aliphatic rings. The Kier molecular flexibility index (Phi) is 10.6. The summed E-state index contributed by atoms with van der Waals surface area (Å²) < 4.78 is 0. The van der Waals surface area contributed by atoms with Crippen molar-refractivity contribution in [1.82, 2.24) is 15.1 Å². The summed E-state index contributed by atoms with van der Waals surface area (Å²) in [7, 11) is 1.55. The molecule has 1 fully saturated rings. The average Bonchev–Trinajstić information content (AvgIpc) is 3.31. The first-order valence-corrected chi connectivity index (χ1v) is 13.4. The maximum atomic E-state index is 13.6. The number of rotatable bonds is 9. The number of fused-ring (bicyclic) bond motifs is 2. The third-order valence-electron chi connectivity index (χ3n) is 7.91. The highest BCUT2D eigenvalue weighted by atomic mass is 16.2. The summed E-state index contributed by atoms with van der Waals surface area (Å²) in [5, 5.41) is 2.92. The second-order valence-electron chi connectivity index (χ2n) is 10.2. The lowest BCUT2D eigenvalue weighted by atomic mass is 9.74. The van der Waals surface area contributed by atoms with Crippen LogP contribution in [0.1, 0.15) is 48.8 Å². The topological polar surface area (TPSA) is 113 Å². The van der Waals surface area contributed by atoms with Gasteiger partial charge in [-0.1, -0.05) is 54.6 Å². The molecule has 1 spiro atoms. The van der Waals surface area contributed by atoms with E-state index in [-0.39, 0.29) is 36.2 Å². The third-order valence-corrected chi connectivity index (χ3v) is 7.91. The van der Waals surface area contributed by atoms with Crippen molar-refractivity contribution in [2.45, 2.75) is 56.4 Å². The largest absolute Gasteiger partial charge is 0.343 e. The van der Waals surface area contributed by atoms with Crippen LogP contribution in [0.4, 0.5) is 0 Å². The molecule has 1 aliphatic carbocycles. The molecule has 8 nitrogen and oxygen atoms in total. The van der Waals surface area contributed by atoms with E-state index in [4.69, 9.17) is 10.5 Å². The van der Waals surface area contributed by atoms with Crippen molar-refractivity contribution in [3.8, 4) is 0 Å². The van der Waals surface area contributed by atoms with Crippen LogP contribution in [0.5, 0.6) is 0 Å². The molecule has 2 aromatic rings. The highest BCUT2D eigenvalue weighted by molar-refractivity contribution is 5.90. The first-order chi connectivity index (χ1) is 18.4. The summed E-state index contributed by atoms with van der Waals surface area (Å²) >= 11 is 0. The highest BCUT2D eigenvalue weighted by Gasteiger charge is 2.42. The molecule has 2 aromatic carbocycles. The zero-order valence-corrected chi connectivity index (χ0v) is 22.4. The summed E-state index contributed by atoms with van der Waals surface area (Å²) in [6, 6.07) is 18.3. The van der Waals surface area contributed by atoms with E-state index in [1.807, 2.05) is 29.9 Å². The molecule has 3 amide bonds. The van der Waals surface area contributed by atoms with Crippen LogP contribution >= 0.6 is 0 Å². The molecule has 1 saturated heterocycles. The number of hydrogen-bond acceptors (Lipinski definition) is 5. The summed E-state index contributed by atoms with van der Waals surface area (Å²) in [5.41, 5.74) is 9.69. The lowest BCUT2D eigenvalue weighted by molar-refractivity contribution is -0.139. The van der Waals surface area contributed by atoms with Crippen LogP contribution in [-0.4, -0.2) is 73.6 Å². The molecule has 0 saturated carbocycles. The second-order valence-corrected chi connectivity index (χ2v) is 10.2. The molecule has 4 rings (SSSR count). The summed E-state index contributed by atoms with van der Waals surface area (Å²) in [6.45, 7) is 3.13. The highest BCUT2D eigenvalue weighted by Crippen LogP contribution is 2.46. The van der Waals surface area contributed by atoms with Crippen molar-refractivity contribution in [2.24, 2.45) is 5.73 Å². The number of nitrogens with one attached hydrogen (secondary N) is 1. The van der Waals surface area contributed by atoms with Crippen LogP contribution in [0.3, 0.4) is 0 Å². The molecule has 0 unspecified atom stereocenters. The minimum absolute atomic E-state index is 0.0228. The molecular formula is C30H40N4O4. The molecule has 38 heavy (non-hydrogen) atoms. The number of likely N-dealkylation sites (N-methyl/N-ethyl adjacent to an activating group) is 1. The Morgan fingerprint density at radius 2 is 1.68 bits per heavy atom. The van der Waals surface area contributed by atoms with Gasteiger partial charge in [0.2, 0.25) is 17.7 Å². The van der Waals surface area contributed by atoms with Gasteiger partial charge in [0.25, 0.3) is 0 Å². The van der Waals surface area contributed by atoms with E-state index >= 15 is 0 Å². The number of carbonyl (C=O) groups excluding carboxylic acids is 4. The fraction of sp³-hybridized carbons (Fsp3) is 0.467. The third kappa shape index (κ3) is 7.07. The van der Waals surface area contributed by atoms with Crippen LogP contribution in [0.25, 0.3) is 0 Å². The monoisotopic (exact) mass is 520 g/mol. The van der Waals surface area contributed by atoms with Crippen molar-refractivity contribution in [1.29, 1.82) is 0 Å². The summed E-state index contributed by atoms with van der Waals surface area (Å²) in [4.78, 5) is 49.4. The number of carbonyl (C=O) groups is 4. The Labute approximate surface area is 225 Å². The van der Waals surface area contributed by atoms with Gasteiger partial charge in [-0.15, -0.1) is 0 Å². The van der Waals surface area contributed by atoms with Gasteiger partial charge in [0.15, 0.2) is 0 Å². The van der Waals surface area contributed by atoms with E-state index in [2.05, 4.69) is 41.7 Å². The van der Waals surface area contributed by atoms with Crippen molar-refractivity contribution >= 4 is 24.5 Å². The van der Waals surface area contributed by atoms with Crippen LogP contribution in [-0.2, 0) is 37.4 Å². The number of aryl methyl sites for hydroxylation is 2. The summed E-state index contributed by atoms with van der Waals surface area (Å²) in [5.74, 6) is -0.670. The van der Waals surface area contributed by atoms with Crippen LogP contribution in [0, 0.1) is 0 Å². The quantitative estimate of drug-likeness (QED) is 0.527. The normalized spacial score (nSPS) is 16.1. The second kappa shape index (κ2) is 13.9. The predicted octanol–water partition coefficient (Wildman–Crippen LogP) is 2.23. The van der Waals surface area contributed by atoms with E-state index < -0.39 is 6.04 Å². The minimum atomic E-state index is -0.604. The van der Waals surface area contributed by atoms with E-state index in [0.717, 1.165) is 38.5 Å². The maximum absolute atomic E-state index is 13.6. The zero-order valence-electron chi connectivity index (χ0n) is 22.4. The number of piperidine rings is 1. The molecule has 204 valence electrons. The molecule has 1 atom stereocenters. The van der Waals surface area contributed by atoms with Crippen molar-refractivity contribution in [2.75, 3.05) is 33.2 Å². The van der Waals surface area contributed by atoms with E-state index in [0.29, 0.717) is 19.5 Å². The Balaban J connectivity index is 0.00000195. The molecule has 0 radical (unpaired) electrons. The molecule has 8 heteroatoms. The van der Waals surface area contributed by atoms with Crippen molar-refractivity contribution in [3.63, 3.8) is 0 Å². The molecule has 1 heterocycles. The summed E-state index contributed by atoms with van der Waals surface area (Å²) in [6.07, 6.45) is 6.33. The van der Waals surface area contributed by atoms with Gasteiger partial charge in [0.1, 0.15) is 12.8 Å². The number of likely N-dealkylation sites (tertiary alicyclic amines) is 1. The molecule has 3 N–H and O–H groups in total. The molecule has 0 bridgehead atoms. The van der Waals surface area contributed by atoms with E-state index in [1.54, 1.807) is 7.05 Å². The Morgan fingerprint density at radius 3 is 2.37 bits per heavy atom. The van der Waals surface area contributed by atoms with Crippen molar-refractivity contribution < 1.29 is 19.2 Å². The fourth-order valence-corrected chi connectivity index (χ4v) is 5.77. The smallest absolute Gasteiger partial charge is 0.245 e. The van der Waals surface area contributed by atoms with Gasteiger partial charge in [-0.05, 0) is 67.1 Å². The first-order valence-electron chi connectivity index (χ1n) is 13.4. The van der Waals surface area contributed by atoms with Crippen molar-refractivity contribution in [3.05, 3.63) is 71.3 Å². The van der Waals surface area contributed by atoms with Gasteiger partial charge in [-0.2, -0.15) is 0 Å². The molecule has 0 aromatic heterocycles. The standard InChI is InChI=1S/C29H38N4O3.CH2O/c1-32(27(35)20-30)21-26(34)31-25(13-7-10-22-8-3-2-4-9-22)28(36)33-18-16-29(17-19-33)15-14-23-11-5-6-12-24(23)29;1-2/h2-6,8-9,11-12,25H,7,10,13-21,30H2,1H3,(H,31,34);1H2/t25-;/m1./s1. The lowest BCUT2D eigenvalue weighted by Crippen LogP contribution is -2.54. The van der Waals surface area contributed by atoms with Crippen LogP contribution in [0.15, 0.2) is 54.6 Å². The van der Waals surface area contributed by atoms with E-state index in [1.165, 1.54) is 21.6 Å². The van der Waals surface area contributed by atoms with Gasteiger partial charge in [-0.25, -0.2) is 0 Å². The van der Waals surface area contributed by atoms with Gasteiger partial charge < -0.3 is 25.6 Å². The van der Waals surface area contributed by atoms with E-state index in [9.17, 15) is 14.4 Å². The molecular weight excluding hydrogens is 480 g/mol. The number of benzene rings is 2. The Morgan fingerprint density at radius 1 is 1.03 bits per heavy atom. The zero-order chi connectivity index (χ0) is 27.5. The number of amides is 3. The Bertz CT molecular complexity index is 1080. The Hall–Kier alpha value is -3.52. The maximum Gasteiger partial charge on any atom is 0.245 e. The van der Waals surface area contributed by atoms with Gasteiger partial charge in [0.05, 0.1) is 13.1 Å². The SMILES string of the molecule is C=O.CN(CC(=O)N[C@H](CCCc1ccccc1)C(=O)N1CCC2(CCc3ccccc32)CC1)C(=O)CN. The lowest BCUT2D eigenvalue weighted by Gasteiger charge is -2.41. The number of hydrogen-bond donors (Lipinski definition) is 2.